The van der Waals surface area contributed by atoms with Crippen LogP contribution in [0.1, 0.15) is 12.5 Å². The zero-order chi connectivity index (χ0) is 13.1. The Morgan fingerprint density at radius 1 is 1.17 bits per heavy atom. The highest BCUT2D eigenvalue weighted by atomic mass is 16.5. The molecule has 3 nitrogen and oxygen atoms in total. The molecule has 0 atom stereocenters. The molecule has 92 valence electrons. The van der Waals surface area contributed by atoms with Gasteiger partial charge in [-0.2, -0.15) is 0 Å². The van der Waals surface area contributed by atoms with Crippen LogP contribution in [-0.4, -0.2) is 13.0 Å². The lowest BCUT2D eigenvalue weighted by atomic mass is 10.0. The van der Waals surface area contributed by atoms with Crippen molar-refractivity contribution in [2.75, 3.05) is 7.11 Å². The molecule has 0 radical (unpaired) electrons. The van der Waals surface area contributed by atoms with E-state index in [9.17, 15) is 4.79 Å². The van der Waals surface area contributed by atoms with E-state index in [0.717, 1.165) is 27.7 Å². The lowest BCUT2D eigenvalue weighted by molar-refractivity contribution is -0.113. The van der Waals surface area contributed by atoms with Crippen molar-refractivity contribution in [3.63, 3.8) is 0 Å². The van der Waals surface area contributed by atoms with Crippen molar-refractivity contribution in [3.05, 3.63) is 48.0 Å². The minimum absolute atomic E-state index is 0.428. The summed E-state index contributed by atoms with van der Waals surface area (Å²) in [7, 11) is 1.65. The molecule has 0 saturated carbocycles. The van der Waals surface area contributed by atoms with Gasteiger partial charge >= 0.3 is 0 Å². The van der Waals surface area contributed by atoms with E-state index in [2.05, 4.69) is 0 Å². The molecule has 0 aliphatic heterocycles. The normalized spacial score (nSPS) is 11.6. The first-order chi connectivity index (χ1) is 8.60. The molecular weight excluding hydrogens is 226 g/mol. The number of benzene rings is 2. The molecule has 2 rings (SSSR count). The molecular formula is C15H15NO2. The second kappa shape index (κ2) is 4.92. The van der Waals surface area contributed by atoms with Crippen LogP contribution in [0, 0.1) is 0 Å². The van der Waals surface area contributed by atoms with Crippen molar-refractivity contribution in [3.8, 4) is 5.75 Å². The molecule has 0 aromatic heterocycles. The molecule has 3 heteroatoms. The van der Waals surface area contributed by atoms with Crippen molar-refractivity contribution in [1.29, 1.82) is 0 Å². The molecule has 0 aliphatic rings. The van der Waals surface area contributed by atoms with Gasteiger partial charge in [-0.15, -0.1) is 0 Å². The Balaban J connectivity index is 2.48. The van der Waals surface area contributed by atoms with Gasteiger partial charge in [-0.1, -0.05) is 18.2 Å². The Bertz CT molecular complexity index is 629. The maximum atomic E-state index is 10.9. The summed E-state index contributed by atoms with van der Waals surface area (Å²) in [6.45, 7) is 1.87. The summed E-state index contributed by atoms with van der Waals surface area (Å²) in [5, 5.41) is 2.20. The van der Waals surface area contributed by atoms with Gasteiger partial charge in [0.15, 0.2) is 0 Å². The number of hydrogen-bond donors (Lipinski definition) is 1. The monoisotopic (exact) mass is 241 g/mol. The third kappa shape index (κ3) is 2.51. The van der Waals surface area contributed by atoms with Gasteiger partial charge in [0.1, 0.15) is 5.75 Å². The fraction of sp³-hybridized carbons (Fsp3) is 0.133. The van der Waals surface area contributed by atoms with Gasteiger partial charge in [-0.05, 0) is 47.0 Å². The van der Waals surface area contributed by atoms with Crippen LogP contribution < -0.4 is 10.5 Å². The highest BCUT2D eigenvalue weighted by Gasteiger charge is 2.01. The summed E-state index contributed by atoms with van der Waals surface area (Å²) in [6, 6.07) is 11.9. The van der Waals surface area contributed by atoms with Crippen LogP contribution in [-0.2, 0) is 4.79 Å². The maximum absolute atomic E-state index is 10.9. The van der Waals surface area contributed by atoms with E-state index < -0.39 is 5.91 Å². The predicted octanol–water partition coefficient (Wildman–Crippen LogP) is 2.74. The van der Waals surface area contributed by atoms with E-state index in [1.165, 1.54) is 6.08 Å². The molecule has 1 amide bonds. The standard InChI is InChI=1S/C15H15NO2/c1-10(7-15(16)17)11-3-4-13-9-14(18-2)6-5-12(13)8-11/h3-9H,1-2H3,(H2,16,17)/b10-7-. The summed E-state index contributed by atoms with van der Waals surface area (Å²) in [6.07, 6.45) is 1.44. The minimum Gasteiger partial charge on any atom is -0.497 e. The average molecular weight is 241 g/mol. The molecule has 0 fully saturated rings. The number of allylic oxidation sites excluding steroid dienone is 1. The van der Waals surface area contributed by atoms with Crippen molar-refractivity contribution in [2.24, 2.45) is 5.73 Å². The number of carbonyl (C=O) groups excluding carboxylic acids is 1. The molecule has 18 heavy (non-hydrogen) atoms. The Hall–Kier alpha value is -2.29. The zero-order valence-corrected chi connectivity index (χ0v) is 10.4. The quantitative estimate of drug-likeness (QED) is 0.840. The van der Waals surface area contributed by atoms with Crippen molar-refractivity contribution < 1.29 is 9.53 Å². The predicted molar refractivity (Wildman–Crippen MR) is 73.3 cm³/mol. The van der Waals surface area contributed by atoms with E-state index in [4.69, 9.17) is 10.5 Å². The Morgan fingerprint density at radius 2 is 1.83 bits per heavy atom. The second-order valence-corrected chi connectivity index (χ2v) is 4.16. The third-order valence-corrected chi connectivity index (χ3v) is 2.86. The summed E-state index contributed by atoms with van der Waals surface area (Å²) in [4.78, 5) is 10.9. The zero-order valence-electron chi connectivity index (χ0n) is 10.4. The summed E-state index contributed by atoms with van der Waals surface area (Å²) < 4.78 is 5.18. The number of fused-ring (bicyclic) bond motifs is 1. The number of primary amides is 1. The smallest absolute Gasteiger partial charge is 0.241 e. The summed E-state index contributed by atoms with van der Waals surface area (Å²) in [5.74, 6) is 0.405. The van der Waals surface area contributed by atoms with E-state index >= 15 is 0 Å². The van der Waals surface area contributed by atoms with E-state index in [-0.39, 0.29) is 0 Å². The highest BCUT2D eigenvalue weighted by Crippen LogP contribution is 2.24. The summed E-state index contributed by atoms with van der Waals surface area (Å²) >= 11 is 0. The first-order valence-corrected chi connectivity index (χ1v) is 5.66. The van der Waals surface area contributed by atoms with Gasteiger partial charge in [0.05, 0.1) is 7.11 Å². The van der Waals surface area contributed by atoms with Gasteiger partial charge in [0.25, 0.3) is 0 Å². The number of hydrogen-bond acceptors (Lipinski definition) is 2. The van der Waals surface area contributed by atoms with Crippen LogP contribution in [0.5, 0.6) is 5.75 Å². The van der Waals surface area contributed by atoms with Crippen LogP contribution in [0.15, 0.2) is 42.5 Å². The molecule has 0 saturated heterocycles. The fourth-order valence-corrected chi connectivity index (χ4v) is 1.89. The molecule has 2 aromatic rings. The maximum Gasteiger partial charge on any atom is 0.241 e. The lowest BCUT2D eigenvalue weighted by Crippen LogP contribution is -2.06. The first-order valence-electron chi connectivity index (χ1n) is 5.66. The van der Waals surface area contributed by atoms with Crippen molar-refractivity contribution in [2.45, 2.75) is 6.92 Å². The van der Waals surface area contributed by atoms with E-state index in [1.807, 2.05) is 43.3 Å². The van der Waals surface area contributed by atoms with Crippen LogP contribution in [0.4, 0.5) is 0 Å². The van der Waals surface area contributed by atoms with Crippen LogP contribution >= 0.6 is 0 Å². The molecule has 2 N–H and O–H groups in total. The molecule has 0 unspecified atom stereocenters. The Kier molecular flexibility index (Phi) is 3.33. The third-order valence-electron chi connectivity index (χ3n) is 2.86. The number of methoxy groups -OCH3 is 1. The number of carbonyl (C=O) groups is 1. The number of ether oxygens (including phenoxy) is 1. The second-order valence-electron chi connectivity index (χ2n) is 4.16. The van der Waals surface area contributed by atoms with Gasteiger partial charge in [-0.3, -0.25) is 4.79 Å². The largest absolute Gasteiger partial charge is 0.497 e. The fourth-order valence-electron chi connectivity index (χ4n) is 1.89. The SMILES string of the molecule is COc1ccc2cc(/C(C)=C\C(N)=O)ccc2c1. The lowest BCUT2D eigenvalue weighted by Gasteiger charge is -2.06. The number of rotatable bonds is 3. The van der Waals surface area contributed by atoms with Gasteiger partial charge in [0, 0.05) is 6.08 Å². The van der Waals surface area contributed by atoms with Crippen LogP contribution in [0.25, 0.3) is 16.3 Å². The Labute approximate surface area is 106 Å². The molecule has 2 aromatic carbocycles. The van der Waals surface area contributed by atoms with Gasteiger partial charge < -0.3 is 10.5 Å². The van der Waals surface area contributed by atoms with Gasteiger partial charge in [-0.25, -0.2) is 0 Å². The molecule has 0 spiro atoms. The van der Waals surface area contributed by atoms with Crippen LogP contribution in [0.3, 0.4) is 0 Å². The Morgan fingerprint density at radius 3 is 2.50 bits per heavy atom. The first kappa shape index (κ1) is 12.2. The van der Waals surface area contributed by atoms with Crippen LogP contribution in [0.2, 0.25) is 0 Å². The molecule has 0 aliphatic carbocycles. The average Bonchev–Trinajstić information content (AvgIpc) is 2.36. The molecule has 0 heterocycles. The molecule has 0 bridgehead atoms. The number of nitrogens with two attached hydrogens (primary N) is 1. The minimum atomic E-state index is -0.428. The highest BCUT2D eigenvalue weighted by molar-refractivity contribution is 5.95. The summed E-state index contributed by atoms with van der Waals surface area (Å²) in [5.41, 5.74) is 7.00. The number of amides is 1. The topological polar surface area (TPSA) is 52.3 Å². The van der Waals surface area contributed by atoms with E-state index in [0.29, 0.717) is 0 Å². The van der Waals surface area contributed by atoms with E-state index in [1.54, 1.807) is 7.11 Å². The van der Waals surface area contributed by atoms with Gasteiger partial charge in [0.2, 0.25) is 5.91 Å². The van der Waals surface area contributed by atoms with Crippen molar-refractivity contribution >= 4 is 22.3 Å². The van der Waals surface area contributed by atoms with Crippen molar-refractivity contribution in [1.82, 2.24) is 0 Å².